The predicted molar refractivity (Wildman–Crippen MR) is 87.4 cm³/mol. The van der Waals surface area contributed by atoms with E-state index in [9.17, 15) is 14.7 Å². The zero-order valence-corrected chi connectivity index (χ0v) is 13.1. The summed E-state index contributed by atoms with van der Waals surface area (Å²) in [5, 5.41) is 18.7. The zero-order valence-electron chi connectivity index (χ0n) is 13.1. The molecule has 1 aliphatic carbocycles. The van der Waals surface area contributed by atoms with Gasteiger partial charge in [-0.25, -0.2) is 0 Å². The van der Waals surface area contributed by atoms with Crippen molar-refractivity contribution in [1.29, 1.82) is 0 Å². The minimum atomic E-state index is -0.504. The Hall–Kier alpha value is -2.96. The largest absolute Gasteiger partial charge is 0.504 e. The minimum absolute atomic E-state index is 0.0209. The summed E-state index contributed by atoms with van der Waals surface area (Å²) in [6.07, 6.45) is 2.01. The number of hydrogen-bond acceptors (Lipinski definition) is 5. The van der Waals surface area contributed by atoms with E-state index in [1.807, 2.05) is 0 Å². The highest BCUT2D eigenvalue weighted by molar-refractivity contribution is 6.00. The lowest BCUT2D eigenvalue weighted by Gasteiger charge is -2.31. The SMILES string of the molecule is COc1ccc([C@H]2C3=C(CCCC3=O)Nc3[nH][nH]c(=O)c32)cc1O. The van der Waals surface area contributed by atoms with Gasteiger partial charge in [0.1, 0.15) is 5.82 Å². The number of H-pyrrole nitrogens is 2. The second-order valence-corrected chi connectivity index (χ2v) is 6.03. The van der Waals surface area contributed by atoms with Crippen molar-refractivity contribution < 1.29 is 14.6 Å². The Labute approximate surface area is 137 Å². The quantitative estimate of drug-likeness (QED) is 0.675. The van der Waals surface area contributed by atoms with Crippen molar-refractivity contribution in [1.82, 2.24) is 10.2 Å². The van der Waals surface area contributed by atoms with E-state index in [4.69, 9.17) is 4.74 Å². The molecule has 1 aromatic heterocycles. The second kappa shape index (κ2) is 5.30. The van der Waals surface area contributed by atoms with Gasteiger partial charge >= 0.3 is 0 Å². The first-order valence-corrected chi connectivity index (χ1v) is 7.81. The Bertz CT molecular complexity index is 922. The highest BCUT2D eigenvalue weighted by Crippen LogP contribution is 2.44. The van der Waals surface area contributed by atoms with Crippen molar-refractivity contribution in [3.8, 4) is 11.5 Å². The highest BCUT2D eigenvalue weighted by atomic mass is 16.5. The van der Waals surface area contributed by atoms with Gasteiger partial charge in [-0.2, -0.15) is 0 Å². The number of fused-ring (bicyclic) bond motifs is 1. The van der Waals surface area contributed by atoms with Crippen LogP contribution in [0.3, 0.4) is 0 Å². The van der Waals surface area contributed by atoms with Crippen LogP contribution < -0.4 is 15.6 Å². The molecule has 0 spiro atoms. The third-order valence-corrected chi connectivity index (χ3v) is 4.66. The third kappa shape index (κ3) is 2.05. The molecule has 0 radical (unpaired) electrons. The first kappa shape index (κ1) is 14.6. The molecule has 2 aromatic rings. The summed E-state index contributed by atoms with van der Waals surface area (Å²) in [6, 6.07) is 4.97. The van der Waals surface area contributed by atoms with Gasteiger partial charge in [-0.1, -0.05) is 6.07 Å². The number of ketones is 1. The van der Waals surface area contributed by atoms with Crippen LogP contribution in [0.5, 0.6) is 11.5 Å². The molecule has 1 atom stereocenters. The molecule has 4 rings (SSSR count). The second-order valence-electron chi connectivity index (χ2n) is 6.03. The molecule has 7 nitrogen and oxygen atoms in total. The number of aromatic nitrogens is 2. The normalized spacial score (nSPS) is 19.5. The van der Waals surface area contributed by atoms with Crippen molar-refractivity contribution in [2.75, 3.05) is 12.4 Å². The van der Waals surface area contributed by atoms with Crippen molar-refractivity contribution in [3.05, 3.63) is 50.9 Å². The van der Waals surface area contributed by atoms with Gasteiger partial charge in [0.25, 0.3) is 5.56 Å². The number of benzene rings is 1. The molecule has 24 heavy (non-hydrogen) atoms. The number of carbonyl (C=O) groups is 1. The summed E-state index contributed by atoms with van der Waals surface area (Å²) >= 11 is 0. The number of Topliss-reactive ketones (excluding diaryl/α,β-unsaturated/α-hetero) is 1. The van der Waals surface area contributed by atoms with E-state index in [0.29, 0.717) is 34.7 Å². The number of phenols is 1. The summed E-state index contributed by atoms with van der Waals surface area (Å²) in [5.74, 6) is 0.437. The number of allylic oxidation sites excluding steroid dienone is 2. The molecule has 1 aromatic carbocycles. The molecule has 4 N–H and O–H groups in total. The minimum Gasteiger partial charge on any atom is -0.504 e. The molecule has 0 fully saturated rings. The Morgan fingerprint density at radius 1 is 1.21 bits per heavy atom. The molecular weight excluding hydrogens is 310 g/mol. The average molecular weight is 327 g/mol. The molecule has 2 aliphatic rings. The number of hydrogen-bond donors (Lipinski definition) is 4. The van der Waals surface area contributed by atoms with Crippen molar-refractivity contribution in [3.63, 3.8) is 0 Å². The van der Waals surface area contributed by atoms with Gasteiger partial charge in [-0.15, -0.1) is 0 Å². The lowest BCUT2D eigenvalue weighted by atomic mass is 9.77. The highest BCUT2D eigenvalue weighted by Gasteiger charge is 2.37. The van der Waals surface area contributed by atoms with Gasteiger partial charge in [0, 0.05) is 23.6 Å². The Morgan fingerprint density at radius 2 is 2.04 bits per heavy atom. The fourth-order valence-corrected chi connectivity index (χ4v) is 3.59. The average Bonchev–Trinajstić information content (AvgIpc) is 2.94. The van der Waals surface area contributed by atoms with Crippen molar-refractivity contribution in [2.45, 2.75) is 25.2 Å². The summed E-state index contributed by atoms with van der Waals surface area (Å²) in [4.78, 5) is 24.8. The fourth-order valence-electron chi connectivity index (χ4n) is 3.59. The van der Waals surface area contributed by atoms with Gasteiger partial charge in [-0.3, -0.25) is 19.8 Å². The number of rotatable bonds is 2. The topological polar surface area (TPSA) is 107 Å². The number of phenolic OH excluding ortho intramolecular Hbond substituents is 1. The number of methoxy groups -OCH3 is 1. The van der Waals surface area contributed by atoms with Crippen LogP contribution >= 0.6 is 0 Å². The maximum atomic E-state index is 12.6. The first-order valence-electron chi connectivity index (χ1n) is 7.81. The van der Waals surface area contributed by atoms with E-state index < -0.39 is 5.92 Å². The Morgan fingerprint density at radius 3 is 2.79 bits per heavy atom. The first-order chi connectivity index (χ1) is 11.6. The van der Waals surface area contributed by atoms with Crippen LogP contribution in [0, 0.1) is 0 Å². The standard InChI is InChI=1S/C17H17N3O4/c1-24-12-6-5-8(7-11(12)22)13-14-9(3-2-4-10(14)21)18-16-15(13)17(23)20-19-16/h5-7,13,22H,2-4H2,1H3,(H3,18,19,20,23)/t13-/m0/s1. The maximum absolute atomic E-state index is 12.6. The van der Waals surface area contributed by atoms with Crippen LogP contribution in [0.25, 0.3) is 0 Å². The zero-order chi connectivity index (χ0) is 16.8. The van der Waals surface area contributed by atoms with E-state index in [0.717, 1.165) is 18.5 Å². The molecular formula is C17H17N3O4. The van der Waals surface area contributed by atoms with Gasteiger partial charge < -0.3 is 15.2 Å². The summed E-state index contributed by atoms with van der Waals surface area (Å²) in [6.45, 7) is 0. The number of nitrogens with one attached hydrogen (secondary N) is 3. The number of aromatic hydroxyl groups is 1. The smallest absolute Gasteiger partial charge is 0.270 e. The number of anilines is 1. The number of aromatic amines is 2. The molecule has 124 valence electrons. The predicted octanol–water partition coefficient (Wildman–Crippen LogP) is 1.98. The lowest BCUT2D eigenvalue weighted by molar-refractivity contribution is -0.116. The van der Waals surface area contributed by atoms with E-state index in [2.05, 4.69) is 15.5 Å². The van der Waals surface area contributed by atoms with Crippen molar-refractivity contribution in [2.24, 2.45) is 0 Å². The molecule has 0 amide bonds. The van der Waals surface area contributed by atoms with Crippen LogP contribution in [0.1, 0.15) is 36.3 Å². The van der Waals surface area contributed by atoms with Crippen LogP contribution in [0.4, 0.5) is 5.82 Å². The third-order valence-electron chi connectivity index (χ3n) is 4.66. The monoisotopic (exact) mass is 327 g/mol. The van der Waals surface area contributed by atoms with Gasteiger partial charge in [0.15, 0.2) is 17.3 Å². The number of ether oxygens (including phenoxy) is 1. The number of carbonyl (C=O) groups excluding carboxylic acids is 1. The van der Waals surface area contributed by atoms with Gasteiger partial charge in [0.05, 0.1) is 12.7 Å². The van der Waals surface area contributed by atoms with Gasteiger partial charge in [0.2, 0.25) is 0 Å². The Balaban J connectivity index is 1.94. The summed E-state index contributed by atoms with van der Waals surface area (Å²) in [7, 11) is 1.47. The van der Waals surface area contributed by atoms with E-state index in [-0.39, 0.29) is 17.1 Å². The van der Waals surface area contributed by atoms with Crippen LogP contribution in [0.15, 0.2) is 34.3 Å². The molecule has 2 heterocycles. The van der Waals surface area contributed by atoms with Crippen LogP contribution in [-0.2, 0) is 4.79 Å². The lowest BCUT2D eigenvalue weighted by Crippen LogP contribution is -2.29. The van der Waals surface area contributed by atoms with Gasteiger partial charge in [-0.05, 0) is 30.5 Å². The fraction of sp³-hybridized carbons (Fsp3) is 0.294. The summed E-state index contributed by atoms with van der Waals surface area (Å²) < 4.78 is 5.08. The van der Waals surface area contributed by atoms with E-state index in [1.54, 1.807) is 18.2 Å². The molecule has 0 bridgehead atoms. The van der Waals surface area contributed by atoms with Crippen LogP contribution in [0.2, 0.25) is 0 Å². The van der Waals surface area contributed by atoms with E-state index in [1.165, 1.54) is 7.11 Å². The molecule has 0 unspecified atom stereocenters. The van der Waals surface area contributed by atoms with E-state index >= 15 is 0 Å². The van der Waals surface area contributed by atoms with Crippen molar-refractivity contribution >= 4 is 11.6 Å². The maximum Gasteiger partial charge on any atom is 0.270 e. The molecule has 0 saturated heterocycles. The Kier molecular flexibility index (Phi) is 3.23. The summed E-state index contributed by atoms with van der Waals surface area (Å²) in [5.41, 5.74) is 2.33. The molecule has 7 heteroatoms. The van der Waals surface area contributed by atoms with Crippen LogP contribution in [-0.4, -0.2) is 28.2 Å². The molecule has 1 aliphatic heterocycles. The molecule has 0 saturated carbocycles.